The smallest absolute Gasteiger partial charge is 0.225 e. The van der Waals surface area contributed by atoms with Gasteiger partial charge in [0.25, 0.3) is 0 Å². The molecule has 1 fully saturated rings. The fraction of sp³-hybridized carbons (Fsp3) is 0.917. The number of carbonyl (C=O) groups excluding carboxylic acids is 1. The molecule has 0 saturated carbocycles. The Morgan fingerprint density at radius 2 is 2.07 bits per heavy atom. The number of nitrogens with one attached hydrogen (secondary N) is 1. The molecule has 0 radical (unpaired) electrons. The van der Waals surface area contributed by atoms with Crippen LogP contribution in [0.1, 0.15) is 40.0 Å². The zero-order valence-electron chi connectivity index (χ0n) is 10.3. The van der Waals surface area contributed by atoms with Crippen molar-refractivity contribution in [2.75, 3.05) is 19.6 Å². The van der Waals surface area contributed by atoms with E-state index in [4.69, 9.17) is 0 Å². The van der Waals surface area contributed by atoms with Crippen LogP contribution in [0.4, 0.5) is 0 Å². The predicted octanol–water partition coefficient (Wildman–Crippen LogP) is 1.63. The second-order valence-corrected chi connectivity index (χ2v) is 4.28. The van der Waals surface area contributed by atoms with Crippen molar-refractivity contribution in [3.05, 3.63) is 0 Å². The zero-order valence-corrected chi connectivity index (χ0v) is 10.3. The molecule has 1 atom stereocenters. The summed E-state index contributed by atoms with van der Waals surface area (Å²) in [6.45, 7) is 9.16. The Kier molecular flexibility index (Phi) is 5.09. The van der Waals surface area contributed by atoms with E-state index in [1.807, 2.05) is 0 Å². The lowest BCUT2D eigenvalue weighted by Gasteiger charge is -2.30. The Bertz CT molecular complexity index is 196. The minimum atomic E-state index is 0.227. The number of amides is 1. The molecule has 1 aliphatic rings. The first-order valence-electron chi connectivity index (χ1n) is 6.25. The Hall–Kier alpha value is -0.570. The van der Waals surface area contributed by atoms with Crippen molar-refractivity contribution in [1.29, 1.82) is 0 Å². The zero-order chi connectivity index (χ0) is 11.3. The second kappa shape index (κ2) is 6.11. The number of rotatable bonds is 5. The fourth-order valence-electron chi connectivity index (χ4n) is 2.37. The van der Waals surface area contributed by atoms with Crippen molar-refractivity contribution < 1.29 is 4.79 Å². The molecule has 1 N–H and O–H groups in total. The summed E-state index contributed by atoms with van der Waals surface area (Å²) in [5.74, 6) is 0.585. The molecule has 0 aromatic heterocycles. The summed E-state index contributed by atoms with van der Waals surface area (Å²) < 4.78 is 0. The van der Waals surface area contributed by atoms with Gasteiger partial charge in [0.2, 0.25) is 5.91 Å². The third kappa shape index (κ3) is 2.94. The summed E-state index contributed by atoms with van der Waals surface area (Å²) in [7, 11) is 0. The summed E-state index contributed by atoms with van der Waals surface area (Å²) in [5, 5.41) is 3.32. The summed E-state index contributed by atoms with van der Waals surface area (Å²) in [6.07, 6.45) is 3.04. The molecule has 1 unspecified atom stereocenters. The van der Waals surface area contributed by atoms with Gasteiger partial charge in [-0.2, -0.15) is 0 Å². The average molecular weight is 212 g/mol. The van der Waals surface area contributed by atoms with Crippen molar-refractivity contribution in [3.63, 3.8) is 0 Å². The van der Waals surface area contributed by atoms with Crippen LogP contribution in [-0.2, 0) is 4.79 Å². The van der Waals surface area contributed by atoms with Crippen LogP contribution in [-0.4, -0.2) is 36.5 Å². The highest BCUT2D eigenvalue weighted by Crippen LogP contribution is 2.16. The van der Waals surface area contributed by atoms with Crippen LogP contribution in [0.2, 0.25) is 0 Å². The van der Waals surface area contributed by atoms with Gasteiger partial charge >= 0.3 is 0 Å². The van der Waals surface area contributed by atoms with Crippen LogP contribution < -0.4 is 5.32 Å². The molecule has 3 nitrogen and oxygen atoms in total. The minimum absolute atomic E-state index is 0.227. The van der Waals surface area contributed by atoms with Gasteiger partial charge in [0.1, 0.15) is 0 Å². The molecule has 1 heterocycles. The second-order valence-electron chi connectivity index (χ2n) is 4.28. The van der Waals surface area contributed by atoms with Gasteiger partial charge in [0, 0.05) is 25.0 Å². The maximum Gasteiger partial charge on any atom is 0.225 e. The quantitative estimate of drug-likeness (QED) is 0.751. The maximum absolute atomic E-state index is 12.2. The molecular weight excluding hydrogens is 188 g/mol. The first-order chi connectivity index (χ1) is 7.24. The lowest BCUT2D eigenvalue weighted by Crippen LogP contribution is -2.44. The Morgan fingerprint density at radius 1 is 1.40 bits per heavy atom. The van der Waals surface area contributed by atoms with E-state index < -0.39 is 0 Å². The molecular formula is C12H24N2O. The normalized spacial score (nSPS) is 20.9. The van der Waals surface area contributed by atoms with Gasteiger partial charge in [-0.1, -0.05) is 13.8 Å². The molecule has 0 bridgehead atoms. The molecule has 1 saturated heterocycles. The summed E-state index contributed by atoms with van der Waals surface area (Å²) >= 11 is 0. The van der Waals surface area contributed by atoms with Gasteiger partial charge in [-0.25, -0.2) is 0 Å². The van der Waals surface area contributed by atoms with Crippen molar-refractivity contribution in [2.24, 2.45) is 5.92 Å². The van der Waals surface area contributed by atoms with Gasteiger partial charge in [0.15, 0.2) is 0 Å². The minimum Gasteiger partial charge on any atom is -0.338 e. The third-order valence-corrected chi connectivity index (χ3v) is 3.43. The molecule has 15 heavy (non-hydrogen) atoms. The lowest BCUT2D eigenvalue weighted by molar-refractivity contribution is -0.137. The molecule has 0 spiro atoms. The molecule has 1 amide bonds. The van der Waals surface area contributed by atoms with E-state index in [0.29, 0.717) is 11.9 Å². The Labute approximate surface area is 93.2 Å². The lowest BCUT2D eigenvalue weighted by atomic mass is 10.0. The van der Waals surface area contributed by atoms with E-state index in [2.05, 4.69) is 31.0 Å². The van der Waals surface area contributed by atoms with E-state index in [1.165, 1.54) is 0 Å². The third-order valence-electron chi connectivity index (χ3n) is 3.43. The number of hydrogen-bond acceptors (Lipinski definition) is 2. The average Bonchev–Trinajstić information content (AvgIpc) is 2.74. The van der Waals surface area contributed by atoms with Crippen molar-refractivity contribution in [2.45, 2.75) is 46.1 Å². The van der Waals surface area contributed by atoms with Gasteiger partial charge in [-0.05, 0) is 32.7 Å². The Balaban J connectivity index is 2.59. The number of carbonyl (C=O) groups is 1. The van der Waals surface area contributed by atoms with E-state index >= 15 is 0 Å². The van der Waals surface area contributed by atoms with Gasteiger partial charge in [-0.3, -0.25) is 4.79 Å². The molecule has 0 aromatic rings. The van der Waals surface area contributed by atoms with Crippen molar-refractivity contribution in [3.8, 4) is 0 Å². The largest absolute Gasteiger partial charge is 0.338 e. The number of hydrogen-bond donors (Lipinski definition) is 1. The van der Waals surface area contributed by atoms with E-state index in [9.17, 15) is 4.79 Å². The molecule has 1 rings (SSSR count). The molecule has 0 aliphatic carbocycles. The van der Waals surface area contributed by atoms with Crippen LogP contribution in [0.3, 0.4) is 0 Å². The van der Waals surface area contributed by atoms with Gasteiger partial charge < -0.3 is 10.2 Å². The van der Waals surface area contributed by atoms with Crippen LogP contribution in [0.5, 0.6) is 0 Å². The fourth-order valence-corrected chi connectivity index (χ4v) is 2.37. The van der Waals surface area contributed by atoms with Crippen LogP contribution >= 0.6 is 0 Å². The highest BCUT2D eigenvalue weighted by atomic mass is 16.2. The van der Waals surface area contributed by atoms with E-state index in [0.717, 1.165) is 38.9 Å². The van der Waals surface area contributed by atoms with Crippen LogP contribution in [0.25, 0.3) is 0 Å². The topological polar surface area (TPSA) is 32.3 Å². The number of likely N-dealkylation sites (N-methyl/N-ethyl adjacent to an activating group) is 1. The number of nitrogens with zero attached hydrogens (tertiary/aromatic N) is 1. The molecule has 3 heteroatoms. The standard InChI is InChI=1S/C12H24N2O/c1-4-10(5-2)12(15)14(6-3)11-7-8-13-9-11/h10-11,13H,4-9H2,1-3H3. The van der Waals surface area contributed by atoms with E-state index in [1.54, 1.807) is 0 Å². The summed E-state index contributed by atoms with van der Waals surface area (Å²) in [6, 6.07) is 0.433. The van der Waals surface area contributed by atoms with Gasteiger partial charge in [-0.15, -0.1) is 0 Å². The molecule has 88 valence electrons. The van der Waals surface area contributed by atoms with Crippen molar-refractivity contribution >= 4 is 5.91 Å². The predicted molar refractivity (Wildman–Crippen MR) is 62.7 cm³/mol. The van der Waals surface area contributed by atoms with Crippen molar-refractivity contribution in [1.82, 2.24) is 10.2 Å². The first kappa shape index (κ1) is 12.5. The van der Waals surface area contributed by atoms with Crippen LogP contribution in [0.15, 0.2) is 0 Å². The van der Waals surface area contributed by atoms with Crippen LogP contribution in [0, 0.1) is 5.92 Å². The van der Waals surface area contributed by atoms with E-state index in [-0.39, 0.29) is 5.92 Å². The molecule has 1 aliphatic heterocycles. The van der Waals surface area contributed by atoms with Gasteiger partial charge in [0.05, 0.1) is 0 Å². The maximum atomic E-state index is 12.2. The summed E-state index contributed by atoms with van der Waals surface area (Å²) in [5.41, 5.74) is 0. The highest BCUT2D eigenvalue weighted by molar-refractivity contribution is 5.79. The Morgan fingerprint density at radius 3 is 2.47 bits per heavy atom. The first-order valence-corrected chi connectivity index (χ1v) is 6.25. The monoisotopic (exact) mass is 212 g/mol. The molecule has 0 aromatic carbocycles. The highest BCUT2D eigenvalue weighted by Gasteiger charge is 2.28. The summed E-state index contributed by atoms with van der Waals surface area (Å²) in [4.78, 5) is 14.3. The SMILES string of the molecule is CCC(CC)C(=O)N(CC)C1CCNC1.